The van der Waals surface area contributed by atoms with Gasteiger partial charge in [-0.2, -0.15) is 0 Å². The highest BCUT2D eigenvalue weighted by molar-refractivity contribution is 5.85. The molecule has 1 aliphatic heterocycles. The molecule has 1 aromatic rings. The summed E-state index contributed by atoms with van der Waals surface area (Å²) in [6.45, 7) is 3.85. The predicted octanol–water partition coefficient (Wildman–Crippen LogP) is 2.22. The van der Waals surface area contributed by atoms with Crippen LogP contribution in [0.3, 0.4) is 0 Å². The highest BCUT2D eigenvalue weighted by atomic mass is 35.5. The molecule has 3 N–H and O–H groups in total. The molecule has 1 heterocycles. The minimum Gasteiger partial charge on any atom is -0.381 e. The van der Waals surface area contributed by atoms with Crippen molar-refractivity contribution in [3.8, 4) is 0 Å². The van der Waals surface area contributed by atoms with E-state index in [0.29, 0.717) is 19.8 Å². The number of nitrogens with one attached hydrogen (secondary N) is 1. The molecule has 1 saturated heterocycles. The first-order chi connectivity index (χ1) is 10.1. The third-order valence-electron chi connectivity index (χ3n) is 4.10. The topological polar surface area (TPSA) is 64.4 Å². The van der Waals surface area contributed by atoms with Crippen LogP contribution in [0.5, 0.6) is 0 Å². The zero-order chi connectivity index (χ0) is 15.2. The molecule has 0 saturated carbocycles. The maximum absolute atomic E-state index is 12.9. The second-order valence-corrected chi connectivity index (χ2v) is 5.67. The lowest BCUT2D eigenvalue weighted by molar-refractivity contribution is -0.124. The number of carbonyl (C=O) groups excluding carboxylic acids is 1. The van der Waals surface area contributed by atoms with Gasteiger partial charge in [-0.15, -0.1) is 12.4 Å². The van der Waals surface area contributed by atoms with E-state index in [0.717, 1.165) is 18.4 Å². The molecule has 1 fully saturated rings. The Morgan fingerprint density at radius 3 is 2.55 bits per heavy atom. The fourth-order valence-electron chi connectivity index (χ4n) is 2.57. The van der Waals surface area contributed by atoms with Crippen molar-refractivity contribution >= 4 is 18.3 Å². The standard InChI is InChI=1S/C16H23FN2O2.ClH/c1-11(12-2-4-14(17)5-3-12)10-19-16(20)15(18)13-6-8-21-9-7-13;/h2-5,11,13,15H,6-10,18H2,1H3,(H,19,20);1H. The van der Waals surface area contributed by atoms with E-state index in [4.69, 9.17) is 10.5 Å². The molecular weight excluding hydrogens is 307 g/mol. The van der Waals surface area contributed by atoms with Gasteiger partial charge in [-0.3, -0.25) is 4.79 Å². The van der Waals surface area contributed by atoms with Crippen molar-refractivity contribution in [3.05, 3.63) is 35.6 Å². The predicted molar refractivity (Wildman–Crippen MR) is 86.6 cm³/mol. The SMILES string of the molecule is CC(CNC(=O)C(N)C1CCOCC1)c1ccc(F)cc1.Cl. The minimum atomic E-state index is -0.477. The zero-order valence-electron chi connectivity index (χ0n) is 12.8. The number of benzene rings is 1. The smallest absolute Gasteiger partial charge is 0.237 e. The quantitative estimate of drug-likeness (QED) is 0.870. The Bertz CT molecular complexity index is 464. The average molecular weight is 331 g/mol. The van der Waals surface area contributed by atoms with Crippen molar-refractivity contribution < 1.29 is 13.9 Å². The summed E-state index contributed by atoms with van der Waals surface area (Å²) in [5.74, 6) is -0.0521. The summed E-state index contributed by atoms with van der Waals surface area (Å²) in [6, 6.07) is 5.87. The lowest BCUT2D eigenvalue weighted by atomic mass is 9.91. The van der Waals surface area contributed by atoms with Gasteiger partial charge in [0.05, 0.1) is 6.04 Å². The van der Waals surface area contributed by atoms with Crippen LogP contribution in [0.2, 0.25) is 0 Å². The van der Waals surface area contributed by atoms with Crippen LogP contribution < -0.4 is 11.1 Å². The monoisotopic (exact) mass is 330 g/mol. The molecule has 6 heteroatoms. The molecular formula is C16H24ClFN2O2. The maximum Gasteiger partial charge on any atom is 0.237 e. The Labute approximate surface area is 137 Å². The number of amides is 1. The van der Waals surface area contributed by atoms with Crippen LogP contribution >= 0.6 is 12.4 Å². The first-order valence-corrected chi connectivity index (χ1v) is 7.44. The van der Waals surface area contributed by atoms with Gasteiger partial charge in [-0.25, -0.2) is 4.39 Å². The molecule has 1 aromatic carbocycles. The number of nitrogens with two attached hydrogens (primary N) is 1. The van der Waals surface area contributed by atoms with Gasteiger partial charge < -0.3 is 15.8 Å². The first-order valence-electron chi connectivity index (χ1n) is 7.44. The van der Waals surface area contributed by atoms with Gasteiger partial charge in [0.25, 0.3) is 0 Å². The highest BCUT2D eigenvalue weighted by Gasteiger charge is 2.26. The van der Waals surface area contributed by atoms with Crippen molar-refractivity contribution in [3.63, 3.8) is 0 Å². The highest BCUT2D eigenvalue weighted by Crippen LogP contribution is 2.18. The molecule has 0 aliphatic carbocycles. The van der Waals surface area contributed by atoms with Gasteiger partial charge in [0.1, 0.15) is 5.82 Å². The summed E-state index contributed by atoms with van der Waals surface area (Å²) in [5.41, 5.74) is 7.02. The van der Waals surface area contributed by atoms with E-state index in [9.17, 15) is 9.18 Å². The number of ether oxygens (including phenoxy) is 1. The van der Waals surface area contributed by atoms with Crippen LogP contribution in [-0.4, -0.2) is 31.7 Å². The lowest BCUT2D eigenvalue weighted by Gasteiger charge is -2.27. The zero-order valence-corrected chi connectivity index (χ0v) is 13.6. The van der Waals surface area contributed by atoms with E-state index in [1.54, 1.807) is 12.1 Å². The van der Waals surface area contributed by atoms with Crippen LogP contribution in [0, 0.1) is 11.7 Å². The molecule has 0 bridgehead atoms. The molecule has 2 atom stereocenters. The van der Waals surface area contributed by atoms with Gasteiger partial charge in [-0.1, -0.05) is 19.1 Å². The van der Waals surface area contributed by atoms with E-state index < -0.39 is 6.04 Å². The third-order valence-corrected chi connectivity index (χ3v) is 4.10. The van der Waals surface area contributed by atoms with Gasteiger partial charge in [0, 0.05) is 19.8 Å². The Morgan fingerprint density at radius 1 is 1.36 bits per heavy atom. The number of hydrogen-bond donors (Lipinski definition) is 2. The molecule has 2 unspecified atom stereocenters. The molecule has 0 aromatic heterocycles. The minimum absolute atomic E-state index is 0. The number of carbonyl (C=O) groups is 1. The van der Waals surface area contributed by atoms with Crippen molar-refractivity contribution in [1.29, 1.82) is 0 Å². The van der Waals surface area contributed by atoms with Gasteiger partial charge in [0.2, 0.25) is 5.91 Å². The van der Waals surface area contributed by atoms with Gasteiger partial charge in [0.15, 0.2) is 0 Å². The molecule has 2 rings (SSSR count). The molecule has 0 radical (unpaired) electrons. The summed E-state index contributed by atoms with van der Waals surface area (Å²) in [7, 11) is 0. The van der Waals surface area contributed by atoms with Crippen molar-refractivity contribution in [2.24, 2.45) is 11.7 Å². The molecule has 22 heavy (non-hydrogen) atoms. The van der Waals surface area contributed by atoms with Crippen LogP contribution in [0.4, 0.5) is 4.39 Å². The summed E-state index contributed by atoms with van der Waals surface area (Å²) in [6.07, 6.45) is 1.67. The molecule has 124 valence electrons. The Morgan fingerprint density at radius 2 is 1.95 bits per heavy atom. The Kier molecular flexibility index (Phi) is 7.79. The largest absolute Gasteiger partial charge is 0.381 e. The van der Waals surface area contributed by atoms with Crippen LogP contribution in [0.1, 0.15) is 31.2 Å². The normalized spacial score (nSPS) is 18.1. The molecule has 4 nitrogen and oxygen atoms in total. The lowest BCUT2D eigenvalue weighted by Crippen LogP contribution is -2.47. The number of halogens is 2. The fraction of sp³-hybridized carbons (Fsp3) is 0.562. The van der Waals surface area contributed by atoms with E-state index in [2.05, 4.69) is 5.32 Å². The first kappa shape index (κ1) is 18.9. The molecule has 1 amide bonds. The van der Waals surface area contributed by atoms with Crippen molar-refractivity contribution in [1.82, 2.24) is 5.32 Å². The fourth-order valence-corrected chi connectivity index (χ4v) is 2.57. The second-order valence-electron chi connectivity index (χ2n) is 5.67. The molecule has 0 spiro atoms. The van der Waals surface area contributed by atoms with Crippen LogP contribution in [-0.2, 0) is 9.53 Å². The van der Waals surface area contributed by atoms with E-state index in [1.165, 1.54) is 12.1 Å². The van der Waals surface area contributed by atoms with E-state index >= 15 is 0 Å². The summed E-state index contributed by atoms with van der Waals surface area (Å²) >= 11 is 0. The van der Waals surface area contributed by atoms with Crippen LogP contribution in [0.25, 0.3) is 0 Å². The molecule has 1 aliphatic rings. The van der Waals surface area contributed by atoms with Gasteiger partial charge >= 0.3 is 0 Å². The van der Waals surface area contributed by atoms with Crippen LogP contribution in [0.15, 0.2) is 24.3 Å². The summed E-state index contributed by atoms with van der Waals surface area (Å²) in [5, 5.41) is 2.89. The van der Waals surface area contributed by atoms with E-state index in [1.807, 2.05) is 6.92 Å². The number of hydrogen-bond acceptors (Lipinski definition) is 3. The Hall–Kier alpha value is -1.17. The van der Waals surface area contributed by atoms with Crippen molar-refractivity contribution in [2.75, 3.05) is 19.8 Å². The second kappa shape index (κ2) is 9.08. The number of rotatable bonds is 5. The third kappa shape index (κ3) is 5.23. The average Bonchev–Trinajstić information content (AvgIpc) is 2.53. The Balaban J connectivity index is 0.00000242. The maximum atomic E-state index is 12.9. The van der Waals surface area contributed by atoms with Gasteiger partial charge in [-0.05, 0) is 42.4 Å². The van der Waals surface area contributed by atoms with Crippen molar-refractivity contribution in [2.45, 2.75) is 31.7 Å². The summed E-state index contributed by atoms with van der Waals surface area (Å²) < 4.78 is 18.2. The van der Waals surface area contributed by atoms with E-state index in [-0.39, 0.29) is 36.0 Å². The summed E-state index contributed by atoms with van der Waals surface area (Å²) in [4.78, 5) is 12.1.